The number of furan rings is 1. The highest BCUT2D eigenvalue weighted by molar-refractivity contribution is 7.91. The topological polar surface area (TPSA) is 125 Å². The number of benzene rings is 1. The van der Waals surface area contributed by atoms with E-state index in [4.69, 9.17) is 13.7 Å². The second-order valence-electron chi connectivity index (χ2n) is 5.52. The predicted molar refractivity (Wildman–Crippen MR) is 92.9 cm³/mol. The molecule has 3 aromatic rings. The van der Waals surface area contributed by atoms with Gasteiger partial charge < -0.3 is 19.0 Å². The van der Waals surface area contributed by atoms with E-state index in [1.54, 1.807) is 24.3 Å². The fraction of sp³-hybridized carbons (Fsp3) is 0.235. The van der Waals surface area contributed by atoms with Crippen molar-refractivity contribution in [2.45, 2.75) is 17.9 Å². The molecule has 0 saturated heterocycles. The molecule has 2 aromatic heterocycles. The van der Waals surface area contributed by atoms with E-state index < -0.39 is 15.7 Å². The van der Waals surface area contributed by atoms with Crippen LogP contribution in [0.2, 0.25) is 0 Å². The third-order valence-electron chi connectivity index (χ3n) is 3.68. The van der Waals surface area contributed by atoms with Gasteiger partial charge in [0.25, 0.3) is 0 Å². The van der Waals surface area contributed by atoms with Gasteiger partial charge in [0.15, 0.2) is 15.7 Å². The molecule has 3 rings (SSSR count). The Morgan fingerprint density at radius 1 is 1.22 bits per heavy atom. The molecular formula is C17H17N3O6S. The van der Waals surface area contributed by atoms with E-state index in [9.17, 15) is 13.2 Å². The van der Waals surface area contributed by atoms with Crippen LogP contribution in [0.15, 0.2) is 56.5 Å². The highest BCUT2D eigenvalue weighted by atomic mass is 32.2. The molecule has 0 bridgehead atoms. The molecule has 0 spiro atoms. The van der Waals surface area contributed by atoms with Gasteiger partial charge in [0.05, 0.1) is 30.6 Å². The van der Waals surface area contributed by atoms with Crippen LogP contribution in [0.5, 0.6) is 5.75 Å². The molecule has 27 heavy (non-hydrogen) atoms. The molecule has 0 fully saturated rings. The van der Waals surface area contributed by atoms with Gasteiger partial charge in [0, 0.05) is 6.42 Å². The summed E-state index contributed by atoms with van der Waals surface area (Å²) < 4.78 is 39.7. The Hall–Kier alpha value is -3.14. The zero-order valence-corrected chi connectivity index (χ0v) is 15.2. The first-order valence-corrected chi connectivity index (χ1v) is 9.63. The predicted octanol–water partition coefficient (Wildman–Crippen LogP) is 1.62. The van der Waals surface area contributed by atoms with Crippen molar-refractivity contribution >= 4 is 15.7 Å². The van der Waals surface area contributed by atoms with Crippen LogP contribution in [0.3, 0.4) is 0 Å². The molecule has 1 aromatic carbocycles. The molecule has 2 heterocycles. The van der Waals surface area contributed by atoms with Crippen LogP contribution in [0.25, 0.3) is 0 Å². The van der Waals surface area contributed by atoms with E-state index in [1.807, 2.05) is 0 Å². The van der Waals surface area contributed by atoms with E-state index in [0.717, 1.165) is 0 Å². The lowest BCUT2D eigenvalue weighted by molar-refractivity contribution is 0.0904. The van der Waals surface area contributed by atoms with Gasteiger partial charge in [0.2, 0.25) is 0 Å². The lowest BCUT2D eigenvalue weighted by Crippen LogP contribution is -2.23. The Kier molecular flexibility index (Phi) is 5.55. The Bertz CT molecular complexity index is 994. The number of nitrogens with zero attached hydrogens (tertiary/aromatic N) is 2. The summed E-state index contributed by atoms with van der Waals surface area (Å²) in [5.41, 5.74) is 0. The Labute approximate surface area is 155 Å². The molecule has 142 valence electrons. The standard InChI is InChI=1S/C17H17N3O6S/c1-24-12-4-6-14(7-5-12)27(22,23)10-8-15-19-17(26-20-15)16(21)18-11-13-3-2-9-25-13/h2-7,9H,8,10-11H2,1H3,(H,18,21). The number of aryl methyl sites for hydroxylation is 1. The molecule has 1 amide bonds. The van der Waals surface area contributed by atoms with Crippen LogP contribution in [0.1, 0.15) is 22.3 Å². The second-order valence-corrected chi connectivity index (χ2v) is 7.63. The first kappa shape index (κ1) is 18.6. The minimum absolute atomic E-state index is 0.0172. The van der Waals surface area contributed by atoms with Crippen LogP contribution in [0, 0.1) is 0 Å². The number of ether oxygens (including phenoxy) is 1. The third-order valence-corrected chi connectivity index (χ3v) is 5.41. The van der Waals surface area contributed by atoms with E-state index in [0.29, 0.717) is 11.5 Å². The van der Waals surface area contributed by atoms with E-state index in [1.165, 1.54) is 25.5 Å². The van der Waals surface area contributed by atoms with Crippen molar-refractivity contribution in [1.29, 1.82) is 0 Å². The minimum Gasteiger partial charge on any atom is -0.497 e. The minimum atomic E-state index is -3.52. The molecule has 10 heteroatoms. The largest absolute Gasteiger partial charge is 0.497 e. The Morgan fingerprint density at radius 3 is 2.67 bits per heavy atom. The van der Waals surface area contributed by atoms with Crippen molar-refractivity contribution in [3.8, 4) is 5.75 Å². The number of carbonyl (C=O) groups is 1. The van der Waals surface area contributed by atoms with Crippen LogP contribution in [0.4, 0.5) is 0 Å². The number of hydrogen-bond acceptors (Lipinski definition) is 8. The van der Waals surface area contributed by atoms with Crippen LogP contribution in [-0.4, -0.2) is 37.3 Å². The van der Waals surface area contributed by atoms with Crippen molar-refractivity contribution in [2.75, 3.05) is 12.9 Å². The third kappa shape index (κ3) is 4.73. The van der Waals surface area contributed by atoms with Crippen molar-refractivity contribution < 1.29 is 26.9 Å². The SMILES string of the molecule is COc1ccc(S(=O)(=O)CCc2noc(C(=O)NCc3ccco3)n2)cc1. The van der Waals surface area contributed by atoms with E-state index in [-0.39, 0.29) is 35.3 Å². The average molecular weight is 391 g/mol. The molecule has 1 N–H and O–H groups in total. The molecular weight excluding hydrogens is 374 g/mol. The maximum atomic E-state index is 12.4. The van der Waals surface area contributed by atoms with Crippen molar-refractivity contribution in [1.82, 2.24) is 15.5 Å². The smallest absolute Gasteiger partial charge is 0.315 e. The Balaban J connectivity index is 1.57. The number of amides is 1. The molecule has 0 atom stereocenters. The summed E-state index contributed by atoms with van der Waals surface area (Å²) >= 11 is 0. The molecule has 0 radical (unpaired) electrons. The monoisotopic (exact) mass is 391 g/mol. The molecule has 0 aliphatic carbocycles. The summed E-state index contributed by atoms with van der Waals surface area (Å²) in [6, 6.07) is 9.50. The van der Waals surface area contributed by atoms with E-state index >= 15 is 0 Å². The zero-order valence-electron chi connectivity index (χ0n) is 14.4. The average Bonchev–Trinajstić information content (AvgIpc) is 3.36. The first-order valence-electron chi connectivity index (χ1n) is 7.98. The van der Waals surface area contributed by atoms with Gasteiger partial charge in [-0.2, -0.15) is 4.98 Å². The number of sulfone groups is 1. The summed E-state index contributed by atoms with van der Waals surface area (Å²) in [5, 5.41) is 6.22. The number of aromatic nitrogens is 2. The second kappa shape index (κ2) is 8.04. The molecule has 0 unspecified atom stereocenters. The van der Waals surface area contributed by atoms with Gasteiger partial charge in [-0.3, -0.25) is 4.79 Å². The molecule has 0 aliphatic rings. The van der Waals surface area contributed by atoms with E-state index in [2.05, 4.69) is 15.5 Å². The van der Waals surface area contributed by atoms with Gasteiger partial charge in [-0.05, 0) is 36.4 Å². The maximum absolute atomic E-state index is 12.4. The summed E-state index contributed by atoms with van der Waals surface area (Å²) in [6.45, 7) is 0.176. The lowest BCUT2D eigenvalue weighted by atomic mass is 10.3. The Morgan fingerprint density at radius 2 is 2.00 bits per heavy atom. The molecule has 0 aliphatic heterocycles. The summed E-state index contributed by atoms with van der Waals surface area (Å²) in [5.74, 6) is 0.259. The summed E-state index contributed by atoms with van der Waals surface area (Å²) in [4.78, 5) is 16.1. The van der Waals surface area contributed by atoms with Crippen LogP contribution < -0.4 is 10.1 Å². The first-order chi connectivity index (χ1) is 13.0. The quantitative estimate of drug-likeness (QED) is 0.614. The number of rotatable bonds is 8. The highest BCUT2D eigenvalue weighted by Crippen LogP contribution is 2.17. The maximum Gasteiger partial charge on any atom is 0.315 e. The van der Waals surface area contributed by atoms with Gasteiger partial charge in [-0.15, -0.1) is 0 Å². The fourth-order valence-electron chi connectivity index (χ4n) is 2.23. The fourth-order valence-corrected chi connectivity index (χ4v) is 3.47. The molecule has 9 nitrogen and oxygen atoms in total. The zero-order chi connectivity index (χ0) is 19.3. The van der Waals surface area contributed by atoms with Crippen molar-refractivity contribution in [3.05, 3.63) is 60.1 Å². The van der Waals surface area contributed by atoms with Gasteiger partial charge in [0.1, 0.15) is 11.5 Å². The lowest BCUT2D eigenvalue weighted by Gasteiger charge is -2.04. The van der Waals surface area contributed by atoms with Crippen molar-refractivity contribution in [2.24, 2.45) is 0 Å². The van der Waals surface area contributed by atoms with Gasteiger partial charge in [-0.25, -0.2) is 8.42 Å². The van der Waals surface area contributed by atoms with Crippen LogP contribution >= 0.6 is 0 Å². The number of carbonyl (C=O) groups excluding carboxylic acids is 1. The molecule has 0 saturated carbocycles. The highest BCUT2D eigenvalue weighted by Gasteiger charge is 2.19. The number of nitrogens with one attached hydrogen (secondary N) is 1. The van der Waals surface area contributed by atoms with Crippen molar-refractivity contribution in [3.63, 3.8) is 0 Å². The van der Waals surface area contributed by atoms with Gasteiger partial charge >= 0.3 is 11.8 Å². The summed E-state index contributed by atoms with van der Waals surface area (Å²) in [6.07, 6.45) is 1.51. The van der Waals surface area contributed by atoms with Gasteiger partial charge in [-0.1, -0.05) is 5.16 Å². The van der Waals surface area contributed by atoms with Crippen LogP contribution in [-0.2, 0) is 22.8 Å². The summed E-state index contributed by atoms with van der Waals surface area (Å²) in [7, 11) is -2.02. The normalized spacial score (nSPS) is 11.3. The number of hydrogen-bond donors (Lipinski definition) is 1. The number of methoxy groups -OCH3 is 1.